The molecule has 0 aromatic heterocycles. The third kappa shape index (κ3) is 5.28. The lowest BCUT2D eigenvalue weighted by Gasteiger charge is -2.06. The molecule has 0 aliphatic heterocycles. The number of carbonyl (C=O) groups excluding carboxylic acids is 3. The number of amides is 2. The molecule has 0 bridgehead atoms. The maximum Gasteiger partial charge on any atom is 0.337 e. The van der Waals surface area contributed by atoms with Crippen LogP contribution in [0.3, 0.4) is 0 Å². The highest BCUT2D eigenvalue weighted by Gasteiger charge is 2.23. The summed E-state index contributed by atoms with van der Waals surface area (Å²) < 4.78 is 4.64. The predicted molar refractivity (Wildman–Crippen MR) is 102 cm³/mol. The molecule has 1 fully saturated rings. The van der Waals surface area contributed by atoms with Gasteiger partial charge in [-0.2, -0.15) is 0 Å². The van der Waals surface area contributed by atoms with E-state index >= 15 is 0 Å². The van der Waals surface area contributed by atoms with Gasteiger partial charge in [0, 0.05) is 23.4 Å². The summed E-state index contributed by atoms with van der Waals surface area (Å²) in [7, 11) is 1.32. The van der Waals surface area contributed by atoms with Gasteiger partial charge >= 0.3 is 5.97 Å². The van der Waals surface area contributed by atoms with Gasteiger partial charge in [-0.3, -0.25) is 9.59 Å². The number of hydrogen-bond donors (Lipinski definition) is 2. The first-order valence-electron chi connectivity index (χ1n) is 8.63. The van der Waals surface area contributed by atoms with Crippen molar-refractivity contribution >= 4 is 29.5 Å². The Hall–Kier alpha value is -3.41. The molecule has 6 heteroatoms. The minimum atomic E-state index is -0.408. The predicted octanol–water partition coefficient (Wildman–Crippen LogP) is 3.02. The molecule has 6 nitrogen and oxygen atoms in total. The Balaban J connectivity index is 1.59. The van der Waals surface area contributed by atoms with Gasteiger partial charge in [-0.15, -0.1) is 0 Å². The molecule has 2 N–H and O–H groups in total. The van der Waals surface area contributed by atoms with Gasteiger partial charge in [-0.25, -0.2) is 4.79 Å². The molecule has 2 amide bonds. The first-order chi connectivity index (χ1) is 13.0. The third-order valence-electron chi connectivity index (χ3n) is 4.06. The Morgan fingerprint density at radius 1 is 1.04 bits per heavy atom. The molecule has 2 aromatic carbocycles. The summed E-state index contributed by atoms with van der Waals surface area (Å²) in [6, 6.07) is 13.8. The van der Waals surface area contributed by atoms with E-state index in [1.54, 1.807) is 54.6 Å². The van der Waals surface area contributed by atoms with E-state index in [1.165, 1.54) is 13.2 Å². The van der Waals surface area contributed by atoms with E-state index in [2.05, 4.69) is 15.4 Å². The van der Waals surface area contributed by atoms with E-state index in [-0.39, 0.29) is 17.9 Å². The van der Waals surface area contributed by atoms with Crippen molar-refractivity contribution < 1.29 is 19.1 Å². The maximum absolute atomic E-state index is 12.1. The summed E-state index contributed by atoms with van der Waals surface area (Å²) in [5, 5.41) is 5.65. The summed E-state index contributed by atoms with van der Waals surface area (Å²) in [5.41, 5.74) is 2.28. The number of anilines is 1. The van der Waals surface area contributed by atoms with Crippen molar-refractivity contribution in [3.05, 3.63) is 71.3 Å². The van der Waals surface area contributed by atoms with Crippen molar-refractivity contribution in [3.8, 4) is 0 Å². The zero-order chi connectivity index (χ0) is 19.2. The van der Waals surface area contributed by atoms with Crippen LogP contribution in [0.4, 0.5) is 5.69 Å². The second kappa shape index (κ2) is 8.31. The van der Waals surface area contributed by atoms with E-state index in [0.717, 1.165) is 18.4 Å². The summed E-state index contributed by atoms with van der Waals surface area (Å²) in [4.78, 5) is 35.6. The molecule has 1 saturated carbocycles. The normalized spacial score (nSPS) is 13.2. The Morgan fingerprint density at radius 2 is 1.78 bits per heavy atom. The molecule has 2 aromatic rings. The van der Waals surface area contributed by atoms with Gasteiger partial charge in [0.25, 0.3) is 5.91 Å². The van der Waals surface area contributed by atoms with Crippen molar-refractivity contribution in [2.45, 2.75) is 18.9 Å². The van der Waals surface area contributed by atoms with Crippen LogP contribution < -0.4 is 10.6 Å². The van der Waals surface area contributed by atoms with Gasteiger partial charge in [0.15, 0.2) is 0 Å². The fourth-order valence-electron chi connectivity index (χ4n) is 2.44. The zero-order valence-corrected chi connectivity index (χ0v) is 14.9. The molecule has 0 spiro atoms. The van der Waals surface area contributed by atoms with Gasteiger partial charge in [0.2, 0.25) is 5.91 Å². The van der Waals surface area contributed by atoms with Crippen LogP contribution in [0.1, 0.15) is 39.1 Å². The lowest BCUT2D eigenvalue weighted by molar-refractivity contribution is -0.111. The third-order valence-corrected chi connectivity index (χ3v) is 4.06. The number of rotatable bonds is 6. The van der Waals surface area contributed by atoms with Crippen LogP contribution in [0.5, 0.6) is 0 Å². The molecule has 0 radical (unpaired) electrons. The van der Waals surface area contributed by atoms with Crippen molar-refractivity contribution in [2.24, 2.45) is 0 Å². The summed E-state index contributed by atoms with van der Waals surface area (Å²) in [6.07, 6.45) is 5.07. The van der Waals surface area contributed by atoms with Crippen LogP contribution in [0.2, 0.25) is 0 Å². The molecule has 3 rings (SSSR count). The first-order valence-corrected chi connectivity index (χ1v) is 8.63. The van der Waals surface area contributed by atoms with Gasteiger partial charge in [0.1, 0.15) is 0 Å². The molecule has 0 unspecified atom stereocenters. The molecule has 1 aliphatic carbocycles. The lowest BCUT2D eigenvalue weighted by atomic mass is 10.1. The fourth-order valence-corrected chi connectivity index (χ4v) is 2.44. The van der Waals surface area contributed by atoms with Gasteiger partial charge in [-0.05, 0) is 54.8 Å². The Labute approximate surface area is 157 Å². The average molecular weight is 364 g/mol. The van der Waals surface area contributed by atoms with Crippen LogP contribution in [0, 0.1) is 0 Å². The van der Waals surface area contributed by atoms with Gasteiger partial charge < -0.3 is 15.4 Å². The van der Waals surface area contributed by atoms with E-state index in [1.807, 2.05) is 0 Å². The summed E-state index contributed by atoms with van der Waals surface area (Å²) >= 11 is 0. The highest BCUT2D eigenvalue weighted by Crippen LogP contribution is 2.20. The average Bonchev–Trinajstić information content (AvgIpc) is 3.50. The van der Waals surface area contributed by atoms with Crippen molar-refractivity contribution in [1.82, 2.24) is 5.32 Å². The first kappa shape index (κ1) is 18.4. The largest absolute Gasteiger partial charge is 0.465 e. The molecular weight excluding hydrogens is 344 g/mol. The number of carbonyl (C=O) groups is 3. The monoisotopic (exact) mass is 364 g/mol. The molecule has 0 heterocycles. The highest BCUT2D eigenvalue weighted by atomic mass is 16.5. The number of hydrogen-bond acceptors (Lipinski definition) is 4. The molecule has 0 atom stereocenters. The summed E-state index contributed by atoms with van der Waals surface area (Å²) in [6.45, 7) is 0. The molecule has 1 aliphatic rings. The molecule has 27 heavy (non-hydrogen) atoms. The number of benzene rings is 2. The van der Waals surface area contributed by atoms with Crippen molar-refractivity contribution in [2.75, 3.05) is 12.4 Å². The van der Waals surface area contributed by atoms with Crippen molar-refractivity contribution in [1.29, 1.82) is 0 Å². The zero-order valence-electron chi connectivity index (χ0n) is 14.9. The molecule has 0 saturated heterocycles. The Morgan fingerprint density at radius 3 is 2.44 bits per heavy atom. The summed E-state index contributed by atoms with van der Waals surface area (Å²) in [5.74, 6) is -0.851. The fraction of sp³-hybridized carbons (Fsp3) is 0.190. The van der Waals surface area contributed by atoms with E-state index in [4.69, 9.17) is 0 Å². The number of methoxy groups -OCH3 is 1. The molecular formula is C21H20N2O4. The van der Waals surface area contributed by atoms with Gasteiger partial charge in [0.05, 0.1) is 12.7 Å². The topological polar surface area (TPSA) is 84.5 Å². The van der Waals surface area contributed by atoms with Gasteiger partial charge in [-0.1, -0.05) is 18.2 Å². The van der Waals surface area contributed by atoms with E-state index in [0.29, 0.717) is 16.8 Å². The lowest BCUT2D eigenvalue weighted by Crippen LogP contribution is -2.25. The van der Waals surface area contributed by atoms with Crippen LogP contribution in [0.15, 0.2) is 54.6 Å². The van der Waals surface area contributed by atoms with Crippen LogP contribution >= 0.6 is 0 Å². The van der Waals surface area contributed by atoms with Crippen molar-refractivity contribution in [3.63, 3.8) is 0 Å². The SMILES string of the molecule is COC(=O)c1ccc(/C=C/C(=O)Nc2cccc(C(=O)NC3CC3)c2)cc1. The Kier molecular flexibility index (Phi) is 5.66. The number of esters is 1. The minimum Gasteiger partial charge on any atom is -0.465 e. The number of ether oxygens (including phenoxy) is 1. The van der Waals surface area contributed by atoms with E-state index < -0.39 is 5.97 Å². The highest BCUT2D eigenvalue weighted by molar-refractivity contribution is 6.03. The number of nitrogens with one attached hydrogen (secondary N) is 2. The van der Waals surface area contributed by atoms with Crippen LogP contribution in [-0.2, 0) is 9.53 Å². The molecule has 138 valence electrons. The van der Waals surface area contributed by atoms with Crippen LogP contribution in [0.25, 0.3) is 6.08 Å². The van der Waals surface area contributed by atoms with E-state index in [9.17, 15) is 14.4 Å². The standard InChI is InChI=1S/C21H20N2O4/c1-27-21(26)15-8-5-14(6-9-15)7-12-19(24)22-18-4-2-3-16(13-18)20(25)23-17-10-11-17/h2-9,12-13,17H,10-11H2,1H3,(H,22,24)(H,23,25)/b12-7+. The Bertz CT molecular complexity index is 883. The van der Waals surface area contributed by atoms with Crippen LogP contribution in [-0.4, -0.2) is 30.9 Å². The minimum absolute atomic E-state index is 0.130. The second-order valence-electron chi connectivity index (χ2n) is 6.26. The smallest absolute Gasteiger partial charge is 0.337 e. The quantitative estimate of drug-likeness (QED) is 0.610. The maximum atomic E-state index is 12.1. The second-order valence-corrected chi connectivity index (χ2v) is 6.26.